The highest BCUT2D eigenvalue weighted by molar-refractivity contribution is 5.70. The van der Waals surface area contributed by atoms with Gasteiger partial charge in [0.15, 0.2) is 5.65 Å². The maximum Gasteiger partial charge on any atom is 0.332 e. The van der Waals surface area contributed by atoms with E-state index in [1.54, 1.807) is 0 Å². The normalized spacial score (nSPS) is 47.5. The number of hydrogen-bond acceptors (Lipinski definition) is 4. The molecule has 0 atom stereocenters. The Labute approximate surface area is 222 Å². The molecule has 3 rings (SSSR count). The van der Waals surface area contributed by atoms with Crippen LogP contribution >= 0.6 is 0 Å². The quantitative estimate of drug-likeness (QED) is 0.591. The van der Waals surface area contributed by atoms with Gasteiger partial charge in [-0.15, -0.1) is 0 Å². The maximum atomic E-state index is 13.9. The van der Waals surface area contributed by atoms with E-state index >= 15 is 0 Å². The lowest BCUT2D eigenvalue weighted by molar-refractivity contribution is -0.137. The highest BCUT2D eigenvalue weighted by atomic mass is 16.4. The molecule has 8 heteroatoms. The van der Waals surface area contributed by atoms with Crippen molar-refractivity contribution in [3.05, 3.63) is 26.7 Å². The van der Waals surface area contributed by atoms with Gasteiger partial charge in [-0.1, -0.05) is 33.9 Å². The first-order valence-electron chi connectivity index (χ1n) is 22.5. The first kappa shape index (κ1) is 6.35. The minimum atomic E-state index is -5.06. The van der Waals surface area contributed by atoms with Gasteiger partial charge in [-0.3, -0.25) is 18.7 Å². The van der Waals surface area contributed by atoms with Crippen molar-refractivity contribution in [3.8, 4) is 0 Å². The Kier molecular flexibility index (Phi) is 1.85. The monoisotopic (exact) mass is 460 g/mol. The summed E-state index contributed by atoms with van der Waals surface area (Å²) in [6, 6.07) is 0. The smallest absolute Gasteiger partial charge is 0.332 e. The third-order valence-corrected chi connectivity index (χ3v) is 4.23. The van der Waals surface area contributed by atoms with Gasteiger partial charge in [-0.2, -0.15) is 0 Å². The Morgan fingerprint density at radius 3 is 2.65 bits per heavy atom. The van der Waals surface area contributed by atoms with Gasteiger partial charge in [0.25, 0.3) is 5.56 Å². The molecule has 2 heterocycles. The molecular weight excluding hydrogens is 396 g/mol. The number of fused-ring (bicyclic) bond motifs is 1. The van der Waals surface area contributed by atoms with Gasteiger partial charge >= 0.3 is 11.7 Å². The van der Waals surface area contributed by atoms with E-state index in [9.17, 15) is 19.5 Å². The number of nitrogens with one attached hydrogen (secondary N) is 1. The van der Waals surface area contributed by atoms with Crippen LogP contribution in [0.25, 0.3) is 11.2 Å². The molecule has 2 aromatic rings. The van der Waals surface area contributed by atoms with E-state index in [1.807, 2.05) is 4.98 Å². The van der Waals surface area contributed by atoms with E-state index in [0.29, 0.717) is 0 Å². The van der Waals surface area contributed by atoms with Crippen LogP contribution in [0.1, 0.15) is 129 Å². The van der Waals surface area contributed by atoms with E-state index in [2.05, 4.69) is 4.98 Å². The fraction of sp³-hybridized carbons (Fsp3) is 0.739. The van der Waals surface area contributed by atoms with Crippen LogP contribution in [0.2, 0.25) is 0 Å². The minimum Gasteiger partial charge on any atom is -0.481 e. The average Bonchev–Trinajstić information content (AvgIpc) is 3.45. The van der Waals surface area contributed by atoms with E-state index < -0.39 is 141 Å². The second kappa shape index (κ2) is 9.01. The topological polar surface area (TPSA) is 110 Å². The second-order valence-corrected chi connectivity index (χ2v) is 6.28. The lowest BCUT2D eigenvalue weighted by atomic mass is 9.61. The summed E-state index contributed by atoms with van der Waals surface area (Å²) in [4.78, 5) is 45.5. The first-order valence-corrected chi connectivity index (χ1v) is 8.36. The number of aliphatic carboxylic acids is 1. The number of carbonyl (C=O) groups is 1. The van der Waals surface area contributed by atoms with Crippen LogP contribution in [0.15, 0.2) is 9.59 Å². The fourth-order valence-corrected chi connectivity index (χ4v) is 2.66. The number of H-pyrrole nitrogens is 1. The van der Waals surface area contributed by atoms with Crippen molar-refractivity contribution in [1.29, 1.82) is 0 Å². The Balaban J connectivity index is 2.80. The number of imidazole rings is 1. The Morgan fingerprint density at radius 2 is 2.00 bits per heavy atom. The third-order valence-electron chi connectivity index (χ3n) is 4.23. The minimum absolute atomic E-state index is 0.255. The molecule has 0 bridgehead atoms. The van der Waals surface area contributed by atoms with Crippen molar-refractivity contribution in [2.45, 2.75) is 103 Å². The molecule has 0 aliphatic heterocycles. The van der Waals surface area contributed by atoms with Gasteiger partial charge < -0.3 is 10.1 Å². The molecular formula is C23H36N4O4. The van der Waals surface area contributed by atoms with Crippen LogP contribution in [0.5, 0.6) is 0 Å². The lowest BCUT2D eigenvalue weighted by Gasteiger charge is -2.44. The molecule has 0 amide bonds. The van der Waals surface area contributed by atoms with Gasteiger partial charge in [-0.05, 0) is 50.0 Å². The summed E-state index contributed by atoms with van der Waals surface area (Å²) in [5.74, 6) is -4.50. The van der Waals surface area contributed by atoms with Crippen LogP contribution < -0.4 is 11.2 Å². The molecule has 1 saturated carbocycles. The largest absolute Gasteiger partial charge is 0.481 e. The van der Waals surface area contributed by atoms with Crippen molar-refractivity contribution in [3.63, 3.8) is 0 Å². The van der Waals surface area contributed by atoms with Gasteiger partial charge in [-0.25, -0.2) is 9.78 Å². The number of aromatic nitrogens is 4. The van der Waals surface area contributed by atoms with Gasteiger partial charge in [0.2, 0.25) is 0 Å². The van der Waals surface area contributed by atoms with Crippen molar-refractivity contribution >= 4 is 17.1 Å². The summed E-state index contributed by atoms with van der Waals surface area (Å²) in [6.45, 7) is -16.9. The van der Waals surface area contributed by atoms with Crippen LogP contribution in [-0.4, -0.2) is 30.2 Å². The molecule has 0 unspecified atom stereocenters. The standard InChI is InChI=1S/C23H36N4O4/c1-5-14-26-18-17(19(30)27(15-6-2)21(26)31)24-20(25-18)22(4)10-12-23(7-3,13-11-22)9-8-16(28)29/h5-15H2,1-4H3,(H,24,25)(H,28,29)/i1D3,2D3,3D2,5D2,6D2,7D2,8D2,9D2,10D2,11D2,12D2,13D2,14D2. The molecule has 2 N–H and O–H groups in total. The zero-order chi connectivity index (χ0) is 47.3. The second-order valence-electron chi connectivity index (χ2n) is 6.28. The molecule has 1 aliphatic rings. The molecule has 0 radical (unpaired) electrons. The van der Waals surface area contributed by atoms with Crippen LogP contribution in [-0.2, 0) is 23.3 Å². The number of nitrogens with zero attached hydrogens (tertiary/aromatic N) is 3. The zero-order valence-electron chi connectivity index (χ0n) is 43.8. The molecule has 0 aromatic carbocycles. The van der Waals surface area contributed by atoms with Crippen molar-refractivity contribution in [1.82, 2.24) is 19.1 Å². The Bertz CT molecular complexity index is 2110. The van der Waals surface area contributed by atoms with E-state index in [0.717, 1.165) is 0 Å². The van der Waals surface area contributed by atoms with Crippen molar-refractivity contribution in [2.24, 2.45) is 5.41 Å². The number of carboxylic acids is 1. The summed E-state index contributed by atoms with van der Waals surface area (Å²) in [6.07, 6.45) is -41.1. The number of hydrogen-bond donors (Lipinski definition) is 2. The highest BCUT2D eigenvalue weighted by Gasteiger charge is 2.42. The van der Waals surface area contributed by atoms with Crippen LogP contribution in [0, 0.1) is 5.41 Å². The predicted octanol–water partition coefficient (Wildman–Crippen LogP) is 3.80. The summed E-state index contributed by atoms with van der Waals surface area (Å²) in [5, 5.41) is 9.69. The molecule has 8 nitrogen and oxygen atoms in total. The average molecular weight is 461 g/mol. The third kappa shape index (κ3) is 4.34. The number of aryl methyl sites for hydroxylation is 1. The zero-order valence-corrected chi connectivity index (χ0v) is 15.8. The van der Waals surface area contributed by atoms with Gasteiger partial charge in [0, 0.05) is 63.2 Å². The van der Waals surface area contributed by atoms with Crippen molar-refractivity contribution < 1.29 is 48.3 Å². The predicted molar refractivity (Wildman–Crippen MR) is 121 cm³/mol. The molecule has 172 valence electrons. The van der Waals surface area contributed by atoms with E-state index in [1.165, 1.54) is 0 Å². The number of rotatable bonds is 9. The Hall–Kier alpha value is -2.38. The van der Waals surface area contributed by atoms with Crippen LogP contribution in [0.3, 0.4) is 0 Å². The van der Waals surface area contributed by atoms with Crippen LogP contribution in [0.4, 0.5) is 0 Å². The summed E-state index contributed by atoms with van der Waals surface area (Å²) < 4.78 is 232. The van der Waals surface area contributed by atoms with E-state index in [-0.39, 0.29) is 11.5 Å². The lowest BCUT2D eigenvalue weighted by Crippen LogP contribution is -2.40. The molecule has 2 aromatic heterocycles. The Morgan fingerprint density at radius 1 is 1.26 bits per heavy atom. The van der Waals surface area contributed by atoms with Gasteiger partial charge in [0.05, 0.1) is 0 Å². The van der Waals surface area contributed by atoms with Crippen molar-refractivity contribution in [2.75, 3.05) is 0 Å². The molecule has 0 saturated heterocycles. The summed E-state index contributed by atoms with van der Waals surface area (Å²) >= 11 is 0. The first-order chi connectivity index (χ1) is 25.5. The summed E-state index contributed by atoms with van der Waals surface area (Å²) in [5.41, 5.74) is -16.1. The maximum absolute atomic E-state index is 13.9. The number of aromatic amines is 1. The number of carboxylic acid groups (broad SMARTS) is 1. The molecule has 0 spiro atoms. The highest BCUT2D eigenvalue weighted by Crippen LogP contribution is 2.50. The fourth-order valence-electron chi connectivity index (χ4n) is 2.66. The molecule has 1 aliphatic carbocycles. The SMILES string of the molecule is [2H]C([2H])C([2H])([2H])C1(C([2H])([2H])C([2H])([2H])C(=O)O)C([2H])([2H])C([2H])([2H])C(C)(c2nc3c([nH]2)c(=O)n(CC([2H])([2H])C([2H])([2H])[2H])c(=O)n3C([2H])([2H])C([2H])([2H])C([2H])([2H])[2H])C([2H])([2H])C1([2H])[2H]. The molecule has 1 fully saturated rings. The molecule has 31 heavy (non-hydrogen) atoms. The summed E-state index contributed by atoms with van der Waals surface area (Å²) in [7, 11) is 0. The van der Waals surface area contributed by atoms with Gasteiger partial charge in [0.1, 0.15) is 11.3 Å². The van der Waals surface area contributed by atoms with E-state index in [4.69, 9.17) is 38.4 Å².